The van der Waals surface area contributed by atoms with E-state index in [0.29, 0.717) is 28.9 Å². The van der Waals surface area contributed by atoms with Gasteiger partial charge in [0.1, 0.15) is 11.1 Å². The number of hydrogen-bond acceptors (Lipinski definition) is 3. The summed E-state index contributed by atoms with van der Waals surface area (Å²) in [5, 5.41) is 0. The van der Waals surface area contributed by atoms with Crippen LogP contribution in [0.3, 0.4) is 0 Å². The van der Waals surface area contributed by atoms with E-state index in [4.69, 9.17) is 4.42 Å². The van der Waals surface area contributed by atoms with Gasteiger partial charge in [0.15, 0.2) is 11.5 Å². The highest BCUT2D eigenvalue weighted by Crippen LogP contribution is 2.52. The molecular formula is C18H21F3N2O. The van der Waals surface area contributed by atoms with Crippen molar-refractivity contribution in [1.29, 1.82) is 0 Å². The van der Waals surface area contributed by atoms with Crippen molar-refractivity contribution < 1.29 is 17.6 Å². The van der Waals surface area contributed by atoms with Gasteiger partial charge in [-0.3, -0.25) is 4.90 Å². The van der Waals surface area contributed by atoms with Gasteiger partial charge in [0, 0.05) is 19.0 Å². The number of benzene rings is 1. The van der Waals surface area contributed by atoms with Crippen molar-refractivity contribution in [2.24, 2.45) is 5.41 Å². The zero-order valence-corrected chi connectivity index (χ0v) is 13.9. The second-order valence-electron chi connectivity index (χ2n) is 7.66. The standard InChI is InChI=1S/C18H21F3N2O/c1-11(2)16-22-14-8-12(7-13(15(14)24-16)18(19,20)21)9-23-6-5-17(10-23)3-4-17/h7-8,11H,3-6,9-10H2,1-2H3. The molecule has 6 heteroatoms. The van der Waals surface area contributed by atoms with Gasteiger partial charge < -0.3 is 4.42 Å². The predicted octanol–water partition coefficient (Wildman–Crippen LogP) is 4.96. The van der Waals surface area contributed by atoms with E-state index in [9.17, 15) is 13.2 Å². The highest BCUT2D eigenvalue weighted by atomic mass is 19.4. The van der Waals surface area contributed by atoms with Crippen LogP contribution < -0.4 is 0 Å². The monoisotopic (exact) mass is 338 g/mol. The second-order valence-corrected chi connectivity index (χ2v) is 7.66. The average Bonchev–Trinajstić information content (AvgIpc) is 2.92. The third kappa shape index (κ3) is 2.81. The molecule has 0 bridgehead atoms. The quantitative estimate of drug-likeness (QED) is 0.792. The molecule has 1 aliphatic carbocycles. The Kier molecular flexibility index (Phi) is 3.46. The summed E-state index contributed by atoms with van der Waals surface area (Å²) in [7, 11) is 0. The minimum Gasteiger partial charge on any atom is -0.440 e. The van der Waals surface area contributed by atoms with E-state index in [-0.39, 0.29) is 11.5 Å². The number of hydrogen-bond donors (Lipinski definition) is 0. The molecule has 0 amide bonds. The Bertz CT molecular complexity index is 774. The van der Waals surface area contributed by atoms with Crippen LogP contribution in [0.15, 0.2) is 16.5 Å². The van der Waals surface area contributed by atoms with Crippen molar-refractivity contribution in [2.45, 2.75) is 51.7 Å². The molecule has 0 atom stereocenters. The molecule has 4 rings (SSSR count). The SMILES string of the molecule is CC(C)c1nc2cc(CN3CCC4(CC4)C3)cc(C(F)(F)F)c2o1. The summed E-state index contributed by atoms with van der Waals surface area (Å²) in [6.45, 7) is 6.24. The molecule has 1 aromatic carbocycles. The number of rotatable bonds is 3. The van der Waals surface area contributed by atoms with Crippen LogP contribution in [0.4, 0.5) is 13.2 Å². The summed E-state index contributed by atoms with van der Waals surface area (Å²) < 4.78 is 45.8. The first-order valence-corrected chi connectivity index (χ1v) is 8.49. The molecule has 1 saturated heterocycles. The van der Waals surface area contributed by atoms with Crippen molar-refractivity contribution in [1.82, 2.24) is 9.88 Å². The van der Waals surface area contributed by atoms with Crippen LogP contribution in [0.25, 0.3) is 11.1 Å². The number of halogens is 3. The molecule has 1 spiro atoms. The van der Waals surface area contributed by atoms with E-state index in [2.05, 4.69) is 9.88 Å². The first kappa shape index (κ1) is 15.9. The molecule has 2 fully saturated rings. The molecule has 0 radical (unpaired) electrons. The summed E-state index contributed by atoms with van der Waals surface area (Å²) >= 11 is 0. The lowest BCUT2D eigenvalue weighted by Gasteiger charge is -2.17. The maximum atomic E-state index is 13.5. The smallest absolute Gasteiger partial charge is 0.420 e. The number of fused-ring (bicyclic) bond motifs is 1. The largest absolute Gasteiger partial charge is 0.440 e. The zero-order valence-electron chi connectivity index (χ0n) is 13.9. The molecule has 3 nitrogen and oxygen atoms in total. The van der Waals surface area contributed by atoms with Crippen molar-refractivity contribution in [3.63, 3.8) is 0 Å². The molecule has 2 aromatic rings. The normalized spacial score (nSPS) is 20.6. The topological polar surface area (TPSA) is 29.3 Å². The number of alkyl halides is 3. The van der Waals surface area contributed by atoms with Gasteiger partial charge in [-0.15, -0.1) is 0 Å². The Morgan fingerprint density at radius 1 is 1.25 bits per heavy atom. The van der Waals surface area contributed by atoms with Crippen LogP contribution in [0, 0.1) is 5.41 Å². The minimum atomic E-state index is -4.44. The molecule has 1 aromatic heterocycles. The average molecular weight is 338 g/mol. The molecular weight excluding hydrogens is 317 g/mol. The van der Waals surface area contributed by atoms with E-state index >= 15 is 0 Å². The number of aromatic nitrogens is 1. The molecule has 1 aliphatic heterocycles. The van der Waals surface area contributed by atoms with Crippen molar-refractivity contribution in [3.8, 4) is 0 Å². The van der Waals surface area contributed by atoms with Crippen molar-refractivity contribution in [2.75, 3.05) is 13.1 Å². The van der Waals surface area contributed by atoms with E-state index in [1.54, 1.807) is 6.07 Å². The molecule has 1 saturated carbocycles. The molecule has 2 aliphatic rings. The van der Waals surface area contributed by atoms with E-state index in [1.807, 2.05) is 13.8 Å². The van der Waals surface area contributed by atoms with Gasteiger partial charge in [-0.1, -0.05) is 13.8 Å². The van der Waals surface area contributed by atoms with Gasteiger partial charge in [0.05, 0.1) is 0 Å². The number of likely N-dealkylation sites (tertiary alicyclic amines) is 1. The summed E-state index contributed by atoms with van der Waals surface area (Å²) in [5.74, 6) is 0.306. The summed E-state index contributed by atoms with van der Waals surface area (Å²) in [6.07, 6.45) is -0.748. The Labute approximate surface area is 138 Å². The number of oxazole rings is 1. The van der Waals surface area contributed by atoms with Crippen LogP contribution in [-0.2, 0) is 12.7 Å². The third-order valence-electron chi connectivity index (χ3n) is 5.25. The first-order valence-electron chi connectivity index (χ1n) is 8.49. The van der Waals surface area contributed by atoms with Gasteiger partial charge in [-0.05, 0) is 48.9 Å². The van der Waals surface area contributed by atoms with Crippen molar-refractivity contribution in [3.05, 3.63) is 29.2 Å². The van der Waals surface area contributed by atoms with Crippen LogP contribution >= 0.6 is 0 Å². The lowest BCUT2D eigenvalue weighted by molar-refractivity contribution is -0.136. The maximum Gasteiger partial charge on any atom is 0.420 e. The van der Waals surface area contributed by atoms with Crippen LogP contribution in [0.2, 0.25) is 0 Å². The lowest BCUT2D eigenvalue weighted by Crippen LogP contribution is -2.20. The summed E-state index contributed by atoms with van der Waals surface area (Å²) in [6, 6.07) is 2.98. The fourth-order valence-corrected chi connectivity index (χ4v) is 3.66. The Balaban J connectivity index is 1.70. The van der Waals surface area contributed by atoms with Gasteiger partial charge in [-0.25, -0.2) is 4.98 Å². The zero-order chi connectivity index (χ0) is 17.1. The first-order chi connectivity index (χ1) is 11.3. The lowest BCUT2D eigenvalue weighted by atomic mass is 10.1. The highest BCUT2D eigenvalue weighted by Gasteiger charge is 2.47. The third-order valence-corrected chi connectivity index (χ3v) is 5.25. The van der Waals surface area contributed by atoms with Crippen molar-refractivity contribution >= 4 is 11.1 Å². The van der Waals surface area contributed by atoms with E-state index in [0.717, 1.165) is 13.1 Å². The van der Waals surface area contributed by atoms with Gasteiger partial charge in [0.2, 0.25) is 0 Å². The summed E-state index contributed by atoms with van der Waals surface area (Å²) in [4.78, 5) is 6.54. The Hall–Kier alpha value is -1.56. The Morgan fingerprint density at radius 3 is 2.58 bits per heavy atom. The fraction of sp³-hybridized carbons (Fsp3) is 0.611. The van der Waals surface area contributed by atoms with Crippen LogP contribution in [0.1, 0.15) is 56.0 Å². The molecule has 2 heterocycles. The fourth-order valence-electron chi connectivity index (χ4n) is 3.66. The van der Waals surface area contributed by atoms with Crippen LogP contribution in [0.5, 0.6) is 0 Å². The molecule has 130 valence electrons. The van der Waals surface area contributed by atoms with Gasteiger partial charge >= 0.3 is 6.18 Å². The minimum absolute atomic E-state index is 0.0461. The van der Waals surface area contributed by atoms with E-state index < -0.39 is 11.7 Å². The predicted molar refractivity (Wildman–Crippen MR) is 84.7 cm³/mol. The molecule has 24 heavy (non-hydrogen) atoms. The maximum absolute atomic E-state index is 13.5. The second kappa shape index (κ2) is 5.22. The van der Waals surface area contributed by atoms with E-state index in [1.165, 1.54) is 25.3 Å². The Morgan fingerprint density at radius 2 is 2.00 bits per heavy atom. The van der Waals surface area contributed by atoms with Crippen LogP contribution in [-0.4, -0.2) is 23.0 Å². The molecule has 0 unspecified atom stereocenters. The van der Waals surface area contributed by atoms with Gasteiger partial charge in [0.25, 0.3) is 0 Å². The highest BCUT2D eigenvalue weighted by molar-refractivity contribution is 5.78. The number of nitrogens with zero attached hydrogens (tertiary/aromatic N) is 2. The van der Waals surface area contributed by atoms with Gasteiger partial charge in [-0.2, -0.15) is 13.2 Å². The molecule has 0 N–H and O–H groups in total. The summed E-state index contributed by atoms with van der Waals surface area (Å²) in [5.41, 5.74) is 0.583.